The van der Waals surface area contributed by atoms with E-state index in [9.17, 15) is 8.42 Å². The Morgan fingerprint density at radius 2 is 1.96 bits per heavy atom. The second kappa shape index (κ2) is 6.35. The first-order valence-corrected chi connectivity index (χ1v) is 9.59. The van der Waals surface area contributed by atoms with Gasteiger partial charge in [0.15, 0.2) is 11.6 Å². The van der Waals surface area contributed by atoms with Crippen LogP contribution in [-0.4, -0.2) is 41.8 Å². The molecule has 0 saturated heterocycles. The second-order valence-electron chi connectivity index (χ2n) is 5.94. The number of anilines is 1. The maximum absolute atomic E-state index is 12.3. The normalized spacial score (nSPS) is 13.7. The van der Waals surface area contributed by atoms with Crippen LogP contribution in [0.4, 0.5) is 5.69 Å². The van der Waals surface area contributed by atoms with Crippen molar-refractivity contribution in [1.29, 1.82) is 0 Å². The molecule has 2 aromatic rings. The van der Waals surface area contributed by atoms with Crippen molar-refractivity contribution < 1.29 is 8.42 Å². The first kappa shape index (κ1) is 16.6. The van der Waals surface area contributed by atoms with E-state index in [1.165, 1.54) is 4.31 Å². The van der Waals surface area contributed by atoms with Crippen LogP contribution in [0.3, 0.4) is 0 Å². The summed E-state index contributed by atoms with van der Waals surface area (Å²) in [6.45, 7) is 3.92. The summed E-state index contributed by atoms with van der Waals surface area (Å²) >= 11 is 0. The van der Waals surface area contributed by atoms with Gasteiger partial charge in [0.25, 0.3) is 0 Å². The van der Waals surface area contributed by atoms with Crippen molar-refractivity contribution in [3.05, 3.63) is 30.1 Å². The number of rotatable bonds is 6. The minimum Gasteiger partial charge on any atom is -0.273 e. The van der Waals surface area contributed by atoms with Crippen LogP contribution >= 0.6 is 0 Å². The Hall–Kier alpha value is -2.22. The van der Waals surface area contributed by atoms with E-state index < -0.39 is 10.0 Å². The van der Waals surface area contributed by atoms with Crippen LogP contribution in [0.1, 0.15) is 32.5 Å². The minimum atomic E-state index is -3.28. The van der Waals surface area contributed by atoms with Gasteiger partial charge in [0.05, 0.1) is 11.4 Å². The fraction of sp³-hybridized carbons (Fsp3) is 0.438. The number of fused-ring (bicyclic) bond motifs is 1. The number of hydrogen-bond donors (Lipinski definition) is 0. The molecule has 24 heavy (non-hydrogen) atoms. The average Bonchev–Trinajstić information content (AvgIpc) is 3.09. The summed E-state index contributed by atoms with van der Waals surface area (Å²) in [5, 5.41) is 8.64. The van der Waals surface area contributed by atoms with E-state index >= 15 is 0 Å². The van der Waals surface area contributed by atoms with Crippen molar-refractivity contribution in [2.45, 2.75) is 33.1 Å². The Labute approximate surface area is 142 Å². The molecule has 0 spiro atoms. The molecule has 3 rings (SSSR count). The molecule has 1 aromatic heterocycles. The van der Waals surface area contributed by atoms with Gasteiger partial charge >= 0.3 is 0 Å². The van der Waals surface area contributed by atoms with E-state index in [0.29, 0.717) is 24.4 Å². The standard InChI is InChI=1S/C16H21N5O2S/c1-4-5-10-24(22,23)20(3)14-8-6-13(7-9-14)16-17-15-11-12(2)18-21(15)19-16/h6-9H,4-5,10-11H2,1-3H3. The Morgan fingerprint density at radius 3 is 2.58 bits per heavy atom. The topological polar surface area (TPSA) is 80.5 Å². The maximum Gasteiger partial charge on any atom is 0.234 e. The van der Waals surface area contributed by atoms with Gasteiger partial charge in [0.1, 0.15) is 0 Å². The molecule has 8 heteroatoms. The zero-order valence-corrected chi connectivity index (χ0v) is 14.9. The lowest BCUT2D eigenvalue weighted by Gasteiger charge is -2.19. The Bertz CT molecular complexity index is 868. The number of unbranched alkanes of at least 4 members (excludes halogenated alkanes) is 1. The monoisotopic (exact) mass is 347 g/mol. The summed E-state index contributed by atoms with van der Waals surface area (Å²) < 4.78 is 25.8. The maximum atomic E-state index is 12.3. The lowest BCUT2D eigenvalue weighted by molar-refractivity contribution is 0.591. The van der Waals surface area contributed by atoms with E-state index in [2.05, 4.69) is 15.2 Å². The fourth-order valence-corrected chi connectivity index (χ4v) is 3.89. The molecule has 0 bridgehead atoms. The zero-order chi connectivity index (χ0) is 17.3. The van der Waals surface area contributed by atoms with Gasteiger partial charge in [-0.3, -0.25) is 4.31 Å². The van der Waals surface area contributed by atoms with E-state index in [1.54, 1.807) is 24.0 Å². The van der Waals surface area contributed by atoms with Gasteiger partial charge in [-0.05, 0) is 37.6 Å². The molecule has 0 radical (unpaired) electrons. The van der Waals surface area contributed by atoms with Gasteiger partial charge in [-0.15, -0.1) is 9.89 Å². The van der Waals surface area contributed by atoms with Crippen molar-refractivity contribution in [1.82, 2.24) is 14.9 Å². The van der Waals surface area contributed by atoms with E-state index in [0.717, 1.165) is 23.5 Å². The van der Waals surface area contributed by atoms with Crippen LogP contribution in [0, 0.1) is 0 Å². The van der Waals surface area contributed by atoms with Crippen LogP contribution in [-0.2, 0) is 16.4 Å². The molecule has 0 amide bonds. The average molecular weight is 347 g/mol. The highest BCUT2D eigenvalue weighted by Gasteiger charge is 2.19. The molecular weight excluding hydrogens is 326 g/mol. The highest BCUT2D eigenvalue weighted by Crippen LogP contribution is 2.23. The molecular formula is C16H21N5O2S. The van der Waals surface area contributed by atoms with Crippen molar-refractivity contribution in [3.63, 3.8) is 0 Å². The van der Waals surface area contributed by atoms with Gasteiger partial charge in [-0.2, -0.15) is 5.10 Å². The summed E-state index contributed by atoms with van der Waals surface area (Å²) in [6, 6.07) is 7.23. The molecule has 0 fully saturated rings. The molecule has 0 aliphatic carbocycles. The highest BCUT2D eigenvalue weighted by molar-refractivity contribution is 7.92. The Balaban J connectivity index is 1.80. The third-order valence-electron chi connectivity index (χ3n) is 4.00. The summed E-state index contributed by atoms with van der Waals surface area (Å²) in [4.78, 5) is 6.04. The van der Waals surface area contributed by atoms with Crippen LogP contribution in [0.25, 0.3) is 11.4 Å². The quantitative estimate of drug-likeness (QED) is 0.803. The van der Waals surface area contributed by atoms with Crippen LogP contribution in [0.15, 0.2) is 29.4 Å². The van der Waals surface area contributed by atoms with E-state index in [4.69, 9.17) is 0 Å². The molecule has 0 saturated carbocycles. The zero-order valence-electron chi connectivity index (χ0n) is 14.1. The van der Waals surface area contributed by atoms with Gasteiger partial charge in [-0.25, -0.2) is 13.4 Å². The summed E-state index contributed by atoms with van der Waals surface area (Å²) in [7, 11) is -1.69. The van der Waals surface area contributed by atoms with Crippen molar-refractivity contribution in [3.8, 4) is 11.4 Å². The first-order valence-electron chi connectivity index (χ1n) is 7.98. The minimum absolute atomic E-state index is 0.161. The number of aromatic nitrogens is 3. The molecule has 1 aliphatic heterocycles. The predicted molar refractivity (Wildman–Crippen MR) is 94.8 cm³/mol. The van der Waals surface area contributed by atoms with Crippen molar-refractivity contribution >= 4 is 21.4 Å². The number of hydrogen-bond acceptors (Lipinski definition) is 5. The van der Waals surface area contributed by atoms with Gasteiger partial charge < -0.3 is 0 Å². The number of nitrogens with zero attached hydrogens (tertiary/aromatic N) is 5. The molecule has 2 heterocycles. The van der Waals surface area contributed by atoms with Gasteiger partial charge in [-0.1, -0.05) is 13.3 Å². The largest absolute Gasteiger partial charge is 0.273 e. The summed E-state index contributed by atoms with van der Waals surface area (Å²) in [6.07, 6.45) is 2.23. The molecule has 128 valence electrons. The van der Waals surface area contributed by atoms with Crippen LogP contribution in [0.5, 0.6) is 0 Å². The number of benzene rings is 1. The van der Waals surface area contributed by atoms with Crippen molar-refractivity contribution in [2.75, 3.05) is 17.1 Å². The smallest absolute Gasteiger partial charge is 0.234 e. The highest BCUT2D eigenvalue weighted by atomic mass is 32.2. The Morgan fingerprint density at radius 1 is 1.25 bits per heavy atom. The second-order valence-corrected chi connectivity index (χ2v) is 8.06. The molecule has 7 nitrogen and oxygen atoms in total. The lowest BCUT2D eigenvalue weighted by Crippen LogP contribution is -2.28. The van der Waals surface area contributed by atoms with Crippen LogP contribution < -0.4 is 4.31 Å². The molecule has 1 aliphatic rings. The third-order valence-corrected chi connectivity index (χ3v) is 5.85. The number of sulfonamides is 1. The van der Waals surface area contributed by atoms with E-state index in [1.807, 2.05) is 26.0 Å². The molecule has 0 N–H and O–H groups in total. The summed E-state index contributed by atoms with van der Waals surface area (Å²) in [5.74, 6) is 1.59. The fourth-order valence-electron chi connectivity index (χ4n) is 2.52. The molecule has 0 atom stereocenters. The third kappa shape index (κ3) is 3.19. The summed E-state index contributed by atoms with van der Waals surface area (Å²) in [5.41, 5.74) is 2.47. The van der Waals surface area contributed by atoms with Gasteiger partial charge in [0, 0.05) is 24.7 Å². The first-order chi connectivity index (χ1) is 11.4. The van der Waals surface area contributed by atoms with Gasteiger partial charge in [0.2, 0.25) is 10.0 Å². The molecule has 0 unspecified atom stereocenters. The predicted octanol–water partition coefficient (Wildman–Crippen LogP) is 2.29. The van der Waals surface area contributed by atoms with Crippen LogP contribution in [0.2, 0.25) is 0 Å². The molecule has 1 aromatic carbocycles. The Kier molecular flexibility index (Phi) is 4.40. The van der Waals surface area contributed by atoms with Crippen molar-refractivity contribution in [2.24, 2.45) is 5.10 Å². The SMILES string of the molecule is CCCCS(=O)(=O)N(C)c1ccc(-c2nc3n(n2)N=C(C)C3)cc1. The van der Waals surface area contributed by atoms with E-state index in [-0.39, 0.29) is 5.75 Å². The lowest BCUT2D eigenvalue weighted by atomic mass is 10.2.